The van der Waals surface area contributed by atoms with Crippen LogP contribution in [0.25, 0.3) is 11.3 Å². The van der Waals surface area contributed by atoms with Gasteiger partial charge in [-0.25, -0.2) is 4.99 Å². The van der Waals surface area contributed by atoms with Gasteiger partial charge in [-0.3, -0.25) is 14.9 Å². The van der Waals surface area contributed by atoms with E-state index in [1.54, 1.807) is 36.7 Å². The molecule has 4 aromatic rings. The molecule has 1 aromatic carbocycles. The smallest absolute Gasteiger partial charge is 0.289 e. The van der Waals surface area contributed by atoms with Gasteiger partial charge in [0.05, 0.1) is 34.5 Å². The van der Waals surface area contributed by atoms with Gasteiger partial charge in [-0.2, -0.15) is 0 Å². The molecule has 0 radical (unpaired) electrons. The first kappa shape index (κ1) is 24.3. The van der Waals surface area contributed by atoms with Gasteiger partial charge in [0.15, 0.2) is 0 Å². The van der Waals surface area contributed by atoms with E-state index < -0.39 is 4.92 Å². The molecule has 0 aliphatic heterocycles. The maximum Gasteiger partial charge on any atom is 0.289 e. The van der Waals surface area contributed by atoms with Crippen LogP contribution in [0.2, 0.25) is 10.0 Å². The number of hydrogen-bond donors (Lipinski definition) is 1. The van der Waals surface area contributed by atoms with Crippen LogP contribution >= 0.6 is 34.5 Å². The Kier molecular flexibility index (Phi) is 6.95. The van der Waals surface area contributed by atoms with Gasteiger partial charge >= 0.3 is 0 Å². The zero-order valence-corrected chi connectivity index (χ0v) is 21.1. The van der Waals surface area contributed by atoms with Gasteiger partial charge < -0.3 is 14.2 Å². The van der Waals surface area contributed by atoms with Crippen molar-refractivity contribution in [1.82, 2.24) is 5.32 Å². The number of carbonyl (C=O) groups is 1. The molecule has 0 bridgehead atoms. The van der Waals surface area contributed by atoms with E-state index in [4.69, 9.17) is 32.0 Å². The average Bonchev–Trinajstić information content (AvgIpc) is 3.61. The molecule has 1 aliphatic carbocycles. The molecule has 1 aliphatic rings. The number of nitro benzene ring substituents is 1. The molecule has 5 rings (SSSR count). The highest BCUT2D eigenvalue weighted by Crippen LogP contribution is 2.40. The van der Waals surface area contributed by atoms with Gasteiger partial charge in [0.2, 0.25) is 0 Å². The van der Waals surface area contributed by atoms with Crippen molar-refractivity contribution < 1.29 is 18.6 Å². The number of hydrogen-bond acceptors (Lipinski definition) is 7. The number of thiophene rings is 1. The van der Waals surface area contributed by atoms with E-state index in [0.717, 1.165) is 31.2 Å². The first-order chi connectivity index (χ1) is 17.4. The number of rotatable bonds is 7. The van der Waals surface area contributed by atoms with Gasteiger partial charge in [0.1, 0.15) is 27.3 Å². The molecule has 36 heavy (non-hydrogen) atoms. The lowest BCUT2D eigenvalue weighted by atomic mass is 9.95. The maximum absolute atomic E-state index is 13.1. The van der Waals surface area contributed by atoms with E-state index in [-0.39, 0.29) is 21.6 Å². The summed E-state index contributed by atoms with van der Waals surface area (Å²) in [5.41, 5.74) is 1.80. The Bertz CT molecular complexity index is 1470. The lowest BCUT2D eigenvalue weighted by Gasteiger charge is -2.12. The van der Waals surface area contributed by atoms with Gasteiger partial charge in [-0.05, 0) is 61.6 Å². The molecule has 1 N–H and O–H groups in total. The molecule has 8 nitrogen and oxygen atoms in total. The summed E-state index contributed by atoms with van der Waals surface area (Å²) in [6, 6.07) is 9.56. The van der Waals surface area contributed by atoms with Crippen LogP contribution in [0, 0.1) is 10.1 Å². The summed E-state index contributed by atoms with van der Waals surface area (Å²) in [4.78, 5) is 29.4. The molecular weight excluding hydrogens is 525 g/mol. The number of nitro groups is 1. The number of halogens is 2. The average molecular weight is 544 g/mol. The fourth-order valence-electron chi connectivity index (χ4n) is 4.10. The number of nitrogens with one attached hydrogen (secondary N) is 1. The van der Waals surface area contributed by atoms with E-state index in [1.165, 1.54) is 28.3 Å². The molecule has 0 atom stereocenters. The quantitative estimate of drug-likeness (QED) is 0.148. The topological polar surface area (TPSA) is 111 Å². The lowest BCUT2D eigenvalue weighted by Crippen LogP contribution is -2.23. The fourth-order valence-corrected chi connectivity index (χ4v) is 5.81. The number of benzene rings is 1. The third-order valence-corrected chi connectivity index (χ3v) is 7.63. The van der Waals surface area contributed by atoms with E-state index in [9.17, 15) is 14.9 Å². The van der Waals surface area contributed by atoms with Crippen molar-refractivity contribution in [3.8, 4) is 11.3 Å². The molecular formula is C25H19Cl2N3O5S. The first-order valence-corrected chi connectivity index (χ1v) is 12.7. The summed E-state index contributed by atoms with van der Waals surface area (Å²) < 4.78 is 11.2. The molecule has 3 aromatic heterocycles. The zero-order valence-electron chi connectivity index (χ0n) is 18.8. The second kappa shape index (κ2) is 10.3. The number of fused-ring (bicyclic) bond motifs is 1. The van der Waals surface area contributed by atoms with E-state index >= 15 is 0 Å². The molecule has 0 fully saturated rings. The van der Waals surface area contributed by atoms with Crippen LogP contribution in [-0.4, -0.2) is 17.0 Å². The molecule has 184 valence electrons. The van der Waals surface area contributed by atoms with Crippen LogP contribution in [0.1, 0.15) is 45.2 Å². The number of carbonyl (C=O) groups excluding carboxylic acids is 1. The number of nitrogens with zero attached hydrogens (tertiary/aromatic N) is 2. The van der Waals surface area contributed by atoms with Crippen molar-refractivity contribution in [3.05, 3.63) is 90.3 Å². The van der Waals surface area contributed by atoms with E-state index in [2.05, 4.69) is 10.3 Å². The largest absolute Gasteiger partial charge is 0.467 e. The summed E-state index contributed by atoms with van der Waals surface area (Å²) in [6.45, 7) is 0.291. The molecule has 0 spiro atoms. The fraction of sp³-hybridized carbons (Fsp3) is 0.200. The van der Waals surface area contributed by atoms with Crippen molar-refractivity contribution in [2.75, 3.05) is 0 Å². The predicted molar refractivity (Wildman–Crippen MR) is 139 cm³/mol. The minimum atomic E-state index is -0.596. The van der Waals surface area contributed by atoms with Gasteiger partial charge in [0, 0.05) is 16.5 Å². The van der Waals surface area contributed by atoms with Crippen LogP contribution in [0.15, 0.2) is 56.5 Å². The van der Waals surface area contributed by atoms with Crippen molar-refractivity contribution in [1.29, 1.82) is 0 Å². The predicted octanol–water partition coefficient (Wildman–Crippen LogP) is 7.38. The number of aryl methyl sites for hydroxylation is 1. The van der Waals surface area contributed by atoms with Crippen molar-refractivity contribution in [2.24, 2.45) is 4.99 Å². The minimum Gasteiger partial charge on any atom is -0.467 e. The van der Waals surface area contributed by atoms with Gasteiger partial charge in [-0.15, -0.1) is 11.3 Å². The summed E-state index contributed by atoms with van der Waals surface area (Å²) in [6.07, 6.45) is 7.01. The van der Waals surface area contributed by atoms with Gasteiger partial charge in [-0.1, -0.05) is 23.2 Å². The summed E-state index contributed by atoms with van der Waals surface area (Å²) in [5.74, 6) is 1.31. The molecule has 0 unspecified atom stereocenters. The third kappa shape index (κ3) is 4.95. The molecule has 0 saturated carbocycles. The third-order valence-electron chi connectivity index (χ3n) is 5.82. The Morgan fingerprint density at radius 2 is 2.03 bits per heavy atom. The Labute approximate surface area is 219 Å². The highest BCUT2D eigenvalue weighted by Gasteiger charge is 2.25. The monoisotopic (exact) mass is 543 g/mol. The standard InChI is InChI=1S/C25H19Cl2N3O5S/c26-18-11-20(30(32)33)19(27)10-17(18)21-8-7-15(35-21)13-29-25-23(16-5-1-2-6-22(16)36-25)24(31)28-12-14-4-3-9-34-14/h3-4,7-11,13H,1-2,5-6,12H2,(H,28,31). The highest BCUT2D eigenvalue weighted by atomic mass is 35.5. The van der Waals surface area contributed by atoms with Crippen LogP contribution < -0.4 is 5.32 Å². The van der Waals surface area contributed by atoms with Crippen molar-refractivity contribution in [3.63, 3.8) is 0 Å². The van der Waals surface area contributed by atoms with Crippen LogP contribution in [0.5, 0.6) is 0 Å². The van der Waals surface area contributed by atoms with Crippen LogP contribution in [0.4, 0.5) is 10.7 Å². The Morgan fingerprint density at radius 3 is 2.81 bits per heavy atom. The Balaban J connectivity index is 1.41. The Morgan fingerprint density at radius 1 is 1.19 bits per heavy atom. The summed E-state index contributed by atoms with van der Waals surface area (Å²) in [5, 5.41) is 14.7. The van der Waals surface area contributed by atoms with Gasteiger partial charge in [0.25, 0.3) is 11.6 Å². The lowest BCUT2D eigenvalue weighted by molar-refractivity contribution is -0.384. The van der Waals surface area contributed by atoms with Crippen LogP contribution in [-0.2, 0) is 19.4 Å². The van der Waals surface area contributed by atoms with E-state index in [1.807, 2.05) is 0 Å². The van der Waals surface area contributed by atoms with Crippen molar-refractivity contribution in [2.45, 2.75) is 32.2 Å². The van der Waals surface area contributed by atoms with Crippen LogP contribution in [0.3, 0.4) is 0 Å². The second-order valence-electron chi connectivity index (χ2n) is 8.15. The highest BCUT2D eigenvalue weighted by molar-refractivity contribution is 7.16. The summed E-state index contributed by atoms with van der Waals surface area (Å²) in [7, 11) is 0. The number of furan rings is 2. The SMILES string of the molecule is O=C(NCc1ccco1)c1c(N=Cc2ccc(-c3cc(Cl)c([N+](=O)[O-])cc3Cl)o2)sc2c1CCCC2. The normalized spacial score (nSPS) is 13.2. The van der Waals surface area contributed by atoms with Crippen molar-refractivity contribution >= 4 is 57.3 Å². The molecule has 0 saturated heterocycles. The minimum absolute atomic E-state index is 0.0413. The van der Waals surface area contributed by atoms with E-state index in [0.29, 0.717) is 40.0 Å². The molecule has 3 heterocycles. The molecule has 1 amide bonds. The number of amides is 1. The Hall–Kier alpha value is -3.40. The second-order valence-corrected chi connectivity index (χ2v) is 10.1. The summed E-state index contributed by atoms with van der Waals surface area (Å²) >= 11 is 13.8. The molecule has 11 heteroatoms. The maximum atomic E-state index is 13.1. The number of aliphatic imine (C=N–C) groups is 1. The zero-order chi connectivity index (χ0) is 25.2. The first-order valence-electron chi connectivity index (χ1n) is 11.1.